The van der Waals surface area contributed by atoms with E-state index in [0.29, 0.717) is 26.2 Å². The number of rotatable bonds is 2. The van der Waals surface area contributed by atoms with Gasteiger partial charge < -0.3 is 15.3 Å². The van der Waals surface area contributed by atoms with Gasteiger partial charge in [0.2, 0.25) is 0 Å². The summed E-state index contributed by atoms with van der Waals surface area (Å²) in [6.45, 7) is 2.29. The van der Waals surface area contributed by atoms with E-state index in [0.717, 1.165) is 4.52 Å². The average Bonchev–Trinajstić information content (AvgIpc) is 2.91. The predicted molar refractivity (Wildman–Crippen MR) is 67.8 cm³/mol. The number of piperazine rings is 1. The molecule has 22 heavy (non-hydrogen) atoms. The van der Waals surface area contributed by atoms with Crippen LogP contribution in [0.1, 0.15) is 16.3 Å². The van der Waals surface area contributed by atoms with Crippen molar-refractivity contribution in [1.29, 1.82) is 0 Å². The van der Waals surface area contributed by atoms with E-state index in [9.17, 15) is 18.0 Å². The summed E-state index contributed by atoms with van der Waals surface area (Å²) in [5.74, 6) is -2.85. The van der Waals surface area contributed by atoms with Crippen molar-refractivity contribution < 1.29 is 23.1 Å². The zero-order valence-corrected chi connectivity index (χ0v) is 11.1. The molecule has 0 saturated carbocycles. The minimum Gasteiger partial charge on any atom is -0.477 e. The number of hydrogen-bond donors (Lipinski definition) is 2. The molecular weight excluding hydrogens is 305 g/mol. The second-order valence-electron chi connectivity index (χ2n) is 4.69. The maximum absolute atomic E-state index is 12.8. The lowest BCUT2D eigenvalue weighted by Crippen LogP contribution is -2.44. The molecule has 8 nitrogen and oxygen atoms in total. The van der Waals surface area contributed by atoms with E-state index in [-0.39, 0.29) is 17.3 Å². The van der Waals surface area contributed by atoms with E-state index in [1.807, 2.05) is 0 Å². The number of carbonyl (C=O) groups is 1. The topological polar surface area (TPSA) is 95.7 Å². The molecule has 0 radical (unpaired) electrons. The van der Waals surface area contributed by atoms with E-state index in [1.165, 1.54) is 6.07 Å². The highest BCUT2D eigenvalue weighted by Gasteiger charge is 2.37. The third-order valence-corrected chi connectivity index (χ3v) is 3.21. The number of halogens is 3. The van der Waals surface area contributed by atoms with Crippen LogP contribution in [-0.4, -0.2) is 56.8 Å². The molecule has 3 heterocycles. The smallest absolute Gasteiger partial charge is 0.453 e. The van der Waals surface area contributed by atoms with Crippen LogP contribution in [0.25, 0.3) is 5.78 Å². The Morgan fingerprint density at radius 1 is 1.27 bits per heavy atom. The van der Waals surface area contributed by atoms with Gasteiger partial charge in [0.15, 0.2) is 5.69 Å². The summed E-state index contributed by atoms with van der Waals surface area (Å²) < 4.78 is 39.2. The Hall–Kier alpha value is -2.43. The summed E-state index contributed by atoms with van der Waals surface area (Å²) >= 11 is 0. The highest BCUT2D eigenvalue weighted by molar-refractivity contribution is 5.87. The van der Waals surface area contributed by atoms with Gasteiger partial charge in [0.05, 0.1) is 0 Å². The summed E-state index contributed by atoms with van der Waals surface area (Å²) in [5, 5.41) is 15.6. The van der Waals surface area contributed by atoms with Crippen LogP contribution in [0.15, 0.2) is 6.07 Å². The van der Waals surface area contributed by atoms with E-state index >= 15 is 0 Å². The summed E-state index contributed by atoms with van der Waals surface area (Å²) in [6.07, 6.45) is -4.72. The fraction of sp³-hybridized carbons (Fsp3) is 0.455. The second-order valence-corrected chi connectivity index (χ2v) is 4.69. The van der Waals surface area contributed by atoms with E-state index < -0.39 is 18.0 Å². The first-order valence-corrected chi connectivity index (χ1v) is 6.40. The van der Waals surface area contributed by atoms with Gasteiger partial charge in [-0.15, -0.1) is 5.10 Å². The van der Waals surface area contributed by atoms with Crippen LogP contribution >= 0.6 is 0 Å². The molecule has 11 heteroatoms. The SMILES string of the molecule is O=C(O)c1cc(N2CCNCC2)n2nc(C(F)(F)F)nc2n1. The molecule has 1 fully saturated rings. The number of aromatic nitrogens is 4. The van der Waals surface area contributed by atoms with Crippen LogP contribution in [0.4, 0.5) is 19.0 Å². The monoisotopic (exact) mass is 316 g/mol. The molecule has 0 atom stereocenters. The maximum Gasteiger partial charge on any atom is 0.453 e. The number of carboxylic acids is 1. The summed E-state index contributed by atoms with van der Waals surface area (Å²) in [7, 11) is 0. The molecule has 0 unspecified atom stereocenters. The first kappa shape index (κ1) is 14.5. The van der Waals surface area contributed by atoms with Crippen molar-refractivity contribution in [2.45, 2.75) is 6.18 Å². The van der Waals surface area contributed by atoms with Gasteiger partial charge in [-0.2, -0.15) is 22.7 Å². The third-order valence-electron chi connectivity index (χ3n) is 3.21. The summed E-state index contributed by atoms with van der Waals surface area (Å²) in [6, 6.07) is 1.20. The van der Waals surface area contributed by atoms with Crippen molar-refractivity contribution in [2.75, 3.05) is 31.1 Å². The molecule has 2 N–H and O–H groups in total. The lowest BCUT2D eigenvalue weighted by molar-refractivity contribution is -0.144. The molecule has 1 saturated heterocycles. The van der Waals surface area contributed by atoms with Gasteiger partial charge in [0.25, 0.3) is 11.6 Å². The summed E-state index contributed by atoms with van der Waals surface area (Å²) in [4.78, 5) is 19.8. The van der Waals surface area contributed by atoms with Gasteiger partial charge in [-0.05, 0) is 0 Å². The Morgan fingerprint density at radius 2 is 1.95 bits per heavy atom. The van der Waals surface area contributed by atoms with Crippen molar-refractivity contribution in [2.24, 2.45) is 0 Å². The second kappa shape index (κ2) is 5.09. The normalized spacial score (nSPS) is 16.2. The number of carboxylic acid groups (broad SMARTS) is 1. The fourth-order valence-electron chi connectivity index (χ4n) is 2.20. The van der Waals surface area contributed by atoms with Gasteiger partial charge in [-0.3, -0.25) is 0 Å². The zero-order chi connectivity index (χ0) is 15.9. The van der Waals surface area contributed by atoms with Crippen molar-refractivity contribution in [3.05, 3.63) is 17.6 Å². The van der Waals surface area contributed by atoms with Crippen LogP contribution in [0, 0.1) is 0 Å². The first-order chi connectivity index (χ1) is 10.4. The van der Waals surface area contributed by atoms with Gasteiger partial charge in [0, 0.05) is 32.2 Å². The molecule has 2 aromatic heterocycles. The molecular formula is C11H11F3N6O2. The number of anilines is 1. The number of nitrogens with zero attached hydrogens (tertiary/aromatic N) is 5. The van der Waals surface area contributed by atoms with Crippen LogP contribution in [0.3, 0.4) is 0 Å². The Labute approximate surface area is 121 Å². The number of aromatic carboxylic acids is 1. The number of hydrogen-bond acceptors (Lipinski definition) is 6. The maximum atomic E-state index is 12.8. The summed E-state index contributed by atoms with van der Waals surface area (Å²) in [5.41, 5.74) is -0.373. The molecule has 0 amide bonds. The quantitative estimate of drug-likeness (QED) is 0.820. The number of nitrogens with one attached hydrogen (secondary N) is 1. The highest BCUT2D eigenvalue weighted by Crippen LogP contribution is 2.27. The number of fused-ring (bicyclic) bond motifs is 1. The van der Waals surface area contributed by atoms with Crippen molar-refractivity contribution in [3.63, 3.8) is 0 Å². The highest BCUT2D eigenvalue weighted by atomic mass is 19.4. The molecule has 2 aromatic rings. The third kappa shape index (κ3) is 2.54. The lowest BCUT2D eigenvalue weighted by atomic mass is 10.3. The first-order valence-electron chi connectivity index (χ1n) is 6.40. The number of alkyl halides is 3. The molecule has 1 aliphatic rings. The fourth-order valence-corrected chi connectivity index (χ4v) is 2.20. The molecule has 0 bridgehead atoms. The Morgan fingerprint density at radius 3 is 2.55 bits per heavy atom. The molecule has 118 valence electrons. The predicted octanol–water partition coefficient (Wildman–Crippen LogP) is 0.251. The van der Waals surface area contributed by atoms with Crippen LogP contribution in [0.2, 0.25) is 0 Å². The minimum absolute atomic E-state index is 0.229. The van der Waals surface area contributed by atoms with E-state index in [4.69, 9.17) is 5.11 Å². The van der Waals surface area contributed by atoms with Crippen molar-refractivity contribution >= 4 is 17.6 Å². The van der Waals surface area contributed by atoms with Gasteiger partial charge in [-0.1, -0.05) is 0 Å². The van der Waals surface area contributed by atoms with Gasteiger partial charge in [-0.25, -0.2) is 9.78 Å². The van der Waals surface area contributed by atoms with Gasteiger partial charge >= 0.3 is 12.1 Å². The van der Waals surface area contributed by atoms with Crippen molar-refractivity contribution in [1.82, 2.24) is 24.9 Å². The van der Waals surface area contributed by atoms with Crippen LogP contribution in [0.5, 0.6) is 0 Å². The molecule has 3 rings (SSSR count). The van der Waals surface area contributed by atoms with E-state index in [1.54, 1.807) is 4.90 Å². The average molecular weight is 316 g/mol. The lowest BCUT2D eigenvalue weighted by Gasteiger charge is -2.29. The minimum atomic E-state index is -4.72. The van der Waals surface area contributed by atoms with Crippen molar-refractivity contribution in [3.8, 4) is 0 Å². The van der Waals surface area contributed by atoms with Crippen LogP contribution in [-0.2, 0) is 6.18 Å². The molecule has 0 aromatic carbocycles. The Bertz CT molecular complexity index is 722. The largest absolute Gasteiger partial charge is 0.477 e. The molecule has 0 spiro atoms. The molecule has 0 aliphatic carbocycles. The molecule has 1 aliphatic heterocycles. The Balaban J connectivity index is 2.18. The van der Waals surface area contributed by atoms with Crippen LogP contribution < -0.4 is 10.2 Å². The van der Waals surface area contributed by atoms with E-state index in [2.05, 4.69) is 20.4 Å². The zero-order valence-electron chi connectivity index (χ0n) is 11.1. The van der Waals surface area contributed by atoms with Gasteiger partial charge in [0.1, 0.15) is 5.82 Å². The standard InChI is InChI=1S/C11H11F3N6O2/c12-11(13,14)9-17-10-16-6(8(21)22)5-7(20(10)18-9)19-3-1-15-2-4-19/h5,15H,1-4H2,(H,21,22). The Kier molecular flexibility index (Phi) is 3.35.